The van der Waals surface area contributed by atoms with Crippen molar-refractivity contribution in [2.24, 2.45) is 7.05 Å². The molecule has 7 nitrogen and oxygen atoms in total. The van der Waals surface area contributed by atoms with E-state index in [1.165, 1.54) is 10.7 Å². The normalized spacial score (nSPS) is 11.4. The Kier molecular flexibility index (Phi) is 7.68. The Morgan fingerprint density at radius 3 is 2.34 bits per heavy atom. The van der Waals surface area contributed by atoms with Gasteiger partial charge in [0.25, 0.3) is 5.56 Å². The fourth-order valence-corrected chi connectivity index (χ4v) is 2.85. The topological polar surface area (TPSA) is 83.0 Å². The maximum Gasteiger partial charge on any atom is 0.274 e. The number of nitrogens with zero attached hydrogens (tertiary/aromatic N) is 3. The summed E-state index contributed by atoms with van der Waals surface area (Å²) in [5.41, 5.74) is 0.747. The van der Waals surface area contributed by atoms with E-state index in [2.05, 4.69) is 33.5 Å². The zero-order chi connectivity index (χ0) is 21.4. The fraction of sp³-hybridized carbons (Fsp3) is 0.227. The van der Waals surface area contributed by atoms with Gasteiger partial charge in [-0.15, -0.1) is 0 Å². The van der Waals surface area contributed by atoms with Crippen molar-refractivity contribution in [3.8, 4) is 0 Å². The second-order valence-corrected chi connectivity index (χ2v) is 6.64. The SMILES string of the molecule is C=CC=C.CN(C)C(CNc1nn(C)c(=O)c2ccccc12)c1ccc(=O)[nH]c1. The fourth-order valence-electron chi connectivity index (χ4n) is 2.85. The van der Waals surface area contributed by atoms with Crippen LogP contribution in [0.1, 0.15) is 11.6 Å². The second-order valence-electron chi connectivity index (χ2n) is 6.64. The van der Waals surface area contributed by atoms with Crippen LogP contribution in [-0.4, -0.2) is 40.3 Å². The summed E-state index contributed by atoms with van der Waals surface area (Å²) in [6.07, 6.45) is 5.00. The van der Waals surface area contributed by atoms with E-state index in [9.17, 15) is 9.59 Å². The summed E-state index contributed by atoms with van der Waals surface area (Å²) in [4.78, 5) is 28.3. The van der Waals surface area contributed by atoms with Gasteiger partial charge >= 0.3 is 0 Å². The van der Waals surface area contributed by atoms with Gasteiger partial charge in [-0.05, 0) is 25.7 Å². The monoisotopic (exact) mass is 393 g/mol. The number of H-pyrrole nitrogens is 1. The molecule has 152 valence electrons. The molecule has 7 heteroatoms. The number of benzene rings is 1. The van der Waals surface area contributed by atoms with Crippen molar-refractivity contribution in [2.45, 2.75) is 6.04 Å². The van der Waals surface area contributed by atoms with Crippen LogP contribution >= 0.6 is 0 Å². The summed E-state index contributed by atoms with van der Waals surface area (Å²) >= 11 is 0. The number of likely N-dealkylation sites (N-methyl/N-ethyl adjacent to an activating group) is 1. The lowest BCUT2D eigenvalue weighted by atomic mass is 10.1. The molecule has 2 heterocycles. The first-order valence-corrected chi connectivity index (χ1v) is 9.17. The molecule has 29 heavy (non-hydrogen) atoms. The average Bonchev–Trinajstić information content (AvgIpc) is 2.73. The minimum atomic E-state index is -0.125. The maximum atomic E-state index is 12.2. The summed E-state index contributed by atoms with van der Waals surface area (Å²) in [6.45, 7) is 7.30. The largest absolute Gasteiger partial charge is 0.366 e. The third-order valence-electron chi connectivity index (χ3n) is 4.40. The molecule has 0 aliphatic heterocycles. The zero-order valence-corrected chi connectivity index (χ0v) is 17.1. The molecule has 0 radical (unpaired) electrons. The highest BCUT2D eigenvalue weighted by atomic mass is 16.1. The first-order valence-electron chi connectivity index (χ1n) is 9.17. The lowest BCUT2D eigenvalue weighted by Crippen LogP contribution is -2.29. The van der Waals surface area contributed by atoms with E-state index in [0.717, 1.165) is 10.9 Å². The lowest BCUT2D eigenvalue weighted by Gasteiger charge is -2.25. The molecular formula is C22H27N5O2. The molecule has 0 saturated carbocycles. The van der Waals surface area contributed by atoms with Crippen LogP contribution in [0.2, 0.25) is 0 Å². The number of rotatable bonds is 6. The number of aryl methyl sites for hydroxylation is 1. The second kappa shape index (κ2) is 10.2. The van der Waals surface area contributed by atoms with Crippen molar-refractivity contribution < 1.29 is 0 Å². The average molecular weight is 393 g/mol. The number of aromatic nitrogens is 3. The standard InChI is InChI=1S/C18H21N5O2.C4H6/c1-22(2)15(12-8-9-16(24)19-10-12)11-20-17-13-6-4-5-7-14(13)18(25)23(3)21-17;1-3-4-2/h4-10,15H,11H2,1-3H3,(H,19,24)(H,20,21);3-4H,1-2H2. The number of nitrogens with one attached hydrogen (secondary N) is 2. The number of aromatic amines is 1. The van der Waals surface area contributed by atoms with Crippen LogP contribution in [0.25, 0.3) is 10.8 Å². The molecule has 3 rings (SSSR count). The zero-order valence-electron chi connectivity index (χ0n) is 17.1. The summed E-state index contributed by atoms with van der Waals surface area (Å²) in [7, 11) is 5.60. The van der Waals surface area contributed by atoms with Gasteiger partial charge in [0, 0.05) is 31.2 Å². The highest BCUT2D eigenvalue weighted by molar-refractivity contribution is 5.90. The highest BCUT2D eigenvalue weighted by Crippen LogP contribution is 2.21. The van der Waals surface area contributed by atoms with Crippen LogP contribution in [-0.2, 0) is 7.05 Å². The molecule has 0 aliphatic rings. The van der Waals surface area contributed by atoms with Gasteiger partial charge in [-0.25, -0.2) is 4.68 Å². The molecule has 1 unspecified atom stereocenters. The van der Waals surface area contributed by atoms with Crippen molar-refractivity contribution in [1.29, 1.82) is 0 Å². The molecule has 0 bridgehead atoms. The van der Waals surface area contributed by atoms with Crippen LogP contribution in [0.5, 0.6) is 0 Å². The van der Waals surface area contributed by atoms with Gasteiger partial charge in [0.15, 0.2) is 5.82 Å². The third-order valence-corrected chi connectivity index (χ3v) is 4.40. The van der Waals surface area contributed by atoms with Gasteiger partial charge in [-0.2, -0.15) is 5.10 Å². The molecule has 2 N–H and O–H groups in total. The maximum absolute atomic E-state index is 12.2. The summed E-state index contributed by atoms with van der Waals surface area (Å²) in [5, 5.41) is 9.13. The van der Waals surface area contributed by atoms with Crippen molar-refractivity contribution in [3.63, 3.8) is 0 Å². The number of anilines is 1. The molecule has 2 aromatic heterocycles. The van der Waals surface area contributed by atoms with Crippen LogP contribution in [0.4, 0.5) is 5.82 Å². The Labute approximate surface area is 170 Å². The van der Waals surface area contributed by atoms with E-state index in [1.807, 2.05) is 38.4 Å². The summed E-state index contributed by atoms with van der Waals surface area (Å²) in [6, 6.07) is 10.8. The molecule has 0 fully saturated rings. The minimum absolute atomic E-state index is 0.0367. The van der Waals surface area contributed by atoms with Gasteiger partial charge < -0.3 is 15.2 Å². The smallest absolute Gasteiger partial charge is 0.274 e. The third kappa shape index (κ3) is 5.52. The van der Waals surface area contributed by atoms with Crippen LogP contribution < -0.4 is 16.4 Å². The van der Waals surface area contributed by atoms with Gasteiger partial charge in [0.2, 0.25) is 5.56 Å². The van der Waals surface area contributed by atoms with E-state index >= 15 is 0 Å². The van der Waals surface area contributed by atoms with E-state index in [-0.39, 0.29) is 17.2 Å². The van der Waals surface area contributed by atoms with E-state index in [0.29, 0.717) is 17.7 Å². The van der Waals surface area contributed by atoms with Gasteiger partial charge in [0.05, 0.1) is 11.4 Å². The Morgan fingerprint density at radius 1 is 1.14 bits per heavy atom. The van der Waals surface area contributed by atoms with E-state index in [1.54, 1.807) is 31.5 Å². The van der Waals surface area contributed by atoms with Crippen molar-refractivity contribution in [2.75, 3.05) is 26.0 Å². The van der Waals surface area contributed by atoms with Crippen LogP contribution in [0, 0.1) is 0 Å². The van der Waals surface area contributed by atoms with Crippen LogP contribution in [0.15, 0.2) is 77.5 Å². The Bertz CT molecular complexity index is 1070. The molecule has 0 aliphatic carbocycles. The van der Waals surface area contributed by atoms with E-state index < -0.39 is 0 Å². The molecule has 0 saturated heterocycles. The van der Waals surface area contributed by atoms with Gasteiger partial charge in [-0.3, -0.25) is 9.59 Å². The number of allylic oxidation sites excluding steroid dienone is 2. The molecule has 3 aromatic rings. The van der Waals surface area contributed by atoms with Crippen molar-refractivity contribution in [1.82, 2.24) is 19.7 Å². The highest BCUT2D eigenvalue weighted by Gasteiger charge is 2.16. The quantitative estimate of drug-likeness (QED) is 0.629. The Balaban J connectivity index is 0.000000687. The summed E-state index contributed by atoms with van der Waals surface area (Å²) in [5.74, 6) is 0.661. The predicted octanol–water partition coefficient (Wildman–Crippen LogP) is 2.70. The van der Waals surface area contributed by atoms with Gasteiger partial charge in [-0.1, -0.05) is 49.6 Å². The Morgan fingerprint density at radius 2 is 1.79 bits per heavy atom. The number of pyridine rings is 1. The number of hydrogen-bond acceptors (Lipinski definition) is 5. The molecular weight excluding hydrogens is 366 g/mol. The number of hydrogen-bond donors (Lipinski definition) is 2. The minimum Gasteiger partial charge on any atom is -0.366 e. The molecule has 1 aromatic carbocycles. The molecule has 0 spiro atoms. The molecule has 1 atom stereocenters. The molecule has 0 amide bonds. The first kappa shape index (κ1) is 21.8. The van der Waals surface area contributed by atoms with Crippen molar-refractivity contribution >= 4 is 16.6 Å². The lowest BCUT2D eigenvalue weighted by molar-refractivity contribution is 0.311. The van der Waals surface area contributed by atoms with E-state index in [4.69, 9.17) is 0 Å². The van der Waals surface area contributed by atoms with Crippen molar-refractivity contribution in [3.05, 3.63) is 94.2 Å². The predicted molar refractivity (Wildman–Crippen MR) is 119 cm³/mol. The number of fused-ring (bicyclic) bond motifs is 1. The summed E-state index contributed by atoms with van der Waals surface area (Å²) < 4.78 is 1.34. The first-order chi connectivity index (χ1) is 13.9. The Hall–Kier alpha value is -3.45. The van der Waals surface area contributed by atoms with Crippen LogP contribution in [0.3, 0.4) is 0 Å². The van der Waals surface area contributed by atoms with Gasteiger partial charge in [0.1, 0.15) is 0 Å².